The summed E-state index contributed by atoms with van der Waals surface area (Å²) >= 11 is 0. The monoisotopic (exact) mass is 683 g/mol. The van der Waals surface area contributed by atoms with Crippen molar-refractivity contribution in [2.24, 2.45) is 5.92 Å². The van der Waals surface area contributed by atoms with Gasteiger partial charge >= 0.3 is 0 Å². The van der Waals surface area contributed by atoms with Crippen molar-refractivity contribution in [1.82, 2.24) is 24.3 Å². The Morgan fingerprint density at radius 2 is 1.64 bits per heavy atom. The molecular formula is C39H49N5O6. The van der Waals surface area contributed by atoms with Crippen molar-refractivity contribution in [3.05, 3.63) is 53.9 Å². The highest BCUT2D eigenvalue weighted by molar-refractivity contribution is 6.11. The molecule has 11 nitrogen and oxygen atoms in total. The molecule has 1 atom stereocenters. The molecule has 4 heterocycles. The van der Waals surface area contributed by atoms with Gasteiger partial charge in [-0.25, -0.2) is 0 Å². The van der Waals surface area contributed by atoms with Crippen LogP contribution in [0.4, 0.5) is 0 Å². The number of rotatable bonds is 12. The topological polar surface area (TPSA) is 98.6 Å². The Bertz CT molecular complexity index is 1890. The van der Waals surface area contributed by atoms with Crippen molar-refractivity contribution in [2.75, 3.05) is 73.7 Å². The van der Waals surface area contributed by atoms with Crippen LogP contribution in [-0.2, 0) is 9.59 Å². The van der Waals surface area contributed by atoms with Crippen LogP contribution >= 0.6 is 0 Å². The van der Waals surface area contributed by atoms with Crippen molar-refractivity contribution >= 4 is 39.7 Å². The molecule has 0 radical (unpaired) electrons. The van der Waals surface area contributed by atoms with Crippen molar-refractivity contribution in [3.8, 4) is 28.7 Å². The predicted octanol–water partition coefficient (Wildman–Crippen LogP) is 5.72. The molecule has 0 aliphatic carbocycles. The third kappa shape index (κ3) is 6.96. The Morgan fingerprint density at radius 1 is 0.900 bits per heavy atom. The maximum atomic E-state index is 13.6. The number of amides is 2. The van der Waals surface area contributed by atoms with Gasteiger partial charge in [0.15, 0.2) is 11.5 Å². The lowest BCUT2D eigenvalue weighted by Crippen LogP contribution is -2.51. The zero-order valence-corrected chi connectivity index (χ0v) is 30.2. The molecular weight excluding hydrogens is 634 g/mol. The van der Waals surface area contributed by atoms with Crippen LogP contribution in [0.5, 0.6) is 23.0 Å². The van der Waals surface area contributed by atoms with E-state index in [2.05, 4.69) is 40.4 Å². The molecule has 2 aromatic carbocycles. The number of nitrogens with zero attached hydrogens (tertiary/aromatic N) is 5. The number of carbonyl (C=O) groups excluding carboxylic acids is 2. The average molecular weight is 684 g/mol. The first-order valence-corrected chi connectivity index (χ1v) is 17.6. The summed E-state index contributed by atoms with van der Waals surface area (Å²) in [4.78, 5) is 36.9. The first-order chi connectivity index (χ1) is 24.3. The SMILES string of the molecule is CCC(C)COc1ccc2c3ccnc(C)c3n(-c3c(/C=C/C(=O)N4CCN(CC(=O)N5CCCC5)CC4)cc(OC)c(OC)c3OC)c2c1. The van der Waals surface area contributed by atoms with Gasteiger partial charge < -0.3 is 33.3 Å². The van der Waals surface area contributed by atoms with Gasteiger partial charge in [0.1, 0.15) is 11.4 Å². The van der Waals surface area contributed by atoms with E-state index < -0.39 is 0 Å². The molecule has 0 bridgehead atoms. The third-order valence-corrected chi connectivity index (χ3v) is 10.0. The number of aromatic nitrogens is 2. The summed E-state index contributed by atoms with van der Waals surface area (Å²) < 4.78 is 26.1. The van der Waals surface area contributed by atoms with E-state index in [1.165, 1.54) is 0 Å². The predicted molar refractivity (Wildman–Crippen MR) is 196 cm³/mol. The highest BCUT2D eigenvalue weighted by Crippen LogP contribution is 2.47. The number of benzene rings is 2. The van der Waals surface area contributed by atoms with Crippen LogP contribution in [0.25, 0.3) is 33.6 Å². The first-order valence-electron chi connectivity index (χ1n) is 17.6. The maximum absolute atomic E-state index is 13.6. The Morgan fingerprint density at radius 3 is 2.32 bits per heavy atom. The fourth-order valence-corrected chi connectivity index (χ4v) is 6.95. The molecule has 2 aromatic heterocycles. The molecule has 266 valence electrons. The Kier molecular flexibility index (Phi) is 10.8. The zero-order valence-electron chi connectivity index (χ0n) is 30.2. The van der Waals surface area contributed by atoms with Gasteiger partial charge in [0.05, 0.1) is 51.2 Å². The summed E-state index contributed by atoms with van der Waals surface area (Å²) in [6, 6.07) is 10.0. The largest absolute Gasteiger partial charge is 0.493 e. The van der Waals surface area contributed by atoms with Crippen LogP contribution in [0.3, 0.4) is 0 Å². The maximum Gasteiger partial charge on any atom is 0.246 e. The molecule has 0 N–H and O–H groups in total. The minimum absolute atomic E-state index is 0.101. The average Bonchev–Trinajstić information content (AvgIpc) is 3.80. The summed E-state index contributed by atoms with van der Waals surface area (Å²) in [6.07, 6.45) is 8.43. The standard InChI is InChI=1S/C39H49N5O6/c1-7-26(2)25-50-29-11-12-30-31-14-15-40-27(3)36(31)44(32(30)23-29)37-28(22-33(47-4)38(48-5)39(37)49-6)10-13-34(45)43-20-18-41(19-21-43)24-35(46)42-16-8-9-17-42/h10-15,22-23,26H,7-9,16-21,24-25H2,1-6H3/b13-10+. The number of fused-ring (bicyclic) bond motifs is 3. The van der Waals surface area contributed by atoms with Gasteiger partial charge in [0, 0.05) is 73.9 Å². The molecule has 2 aliphatic rings. The number of aryl methyl sites for hydroxylation is 1. The van der Waals surface area contributed by atoms with Crippen molar-refractivity contribution in [3.63, 3.8) is 0 Å². The summed E-state index contributed by atoms with van der Waals surface area (Å²) in [5.74, 6) is 2.64. The number of methoxy groups -OCH3 is 3. The van der Waals surface area contributed by atoms with Gasteiger partial charge in [0.2, 0.25) is 17.6 Å². The van der Waals surface area contributed by atoms with Crippen LogP contribution < -0.4 is 18.9 Å². The van der Waals surface area contributed by atoms with Crippen molar-refractivity contribution in [1.29, 1.82) is 0 Å². The van der Waals surface area contributed by atoms with E-state index in [1.54, 1.807) is 27.4 Å². The van der Waals surface area contributed by atoms with Crippen molar-refractivity contribution in [2.45, 2.75) is 40.0 Å². The number of piperazine rings is 1. The lowest BCUT2D eigenvalue weighted by molar-refractivity contribution is -0.132. The molecule has 2 amide bonds. The molecule has 2 fully saturated rings. The Balaban J connectivity index is 1.39. The van der Waals surface area contributed by atoms with Gasteiger partial charge in [-0.15, -0.1) is 0 Å². The smallest absolute Gasteiger partial charge is 0.246 e. The number of likely N-dealkylation sites (tertiary alicyclic amines) is 1. The van der Waals surface area contributed by atoms with Crippen LogP contribution in [0.1, 0.15) is 44.4 Å². The zero-order chi connectivity index (χ0) is 35.4. The first kappa shape index (κ1) is 35.1. The van der Waals surface area contributed by atoms with Gasteiger partial charge in [0.25, 0.3) is 0 Å². The molecule has 4 aromatic rings. The van der Waals surface area contributed by atoms with Gasteiger partial charge in [-0.1, -0.05) is 20.3 Å². The second kappa shape index (κ2) is 15.4. The van der Waals surface area contributed by atoms with E-state index in [9.17, 15) is 9.59 Å². The Labute approximate surface area is 294 Å². The van der Waals surface area contributed by atoms with Gasteiger partial charge in [-0.2, -0.15) is 0 Å². The lowest BCUT2D eigenvalue weighted by atomic mass is 10.1. The molecule has 0 spiro atoms. The highest BCUT2D eigenvalue weighted by Gasteiger charge is 2.27. The van der Waals surface area contributed by atoms with Crippen LogP contribution in [0.15, 0.2) is 42.6 Å². The minimum Gasteiger partial charge on any atom is -0.493 e. The highest BCUT2D eigenvalue weighted by atomic mass is 16.5. The van der Waals surface area contributed by atoms with E-state index in [4.69, 9.17) is 18.9 Å². The van der Waals surface area contributed by atoms with Crippen LogP contribution in [0, 0.1) is 12.8 Å². The van der Waals surface area contributed by atoms with Crippen LogP contribution in [0.2, 0.25) is 0 Å². The van der Waals surface area contributed by atoms with E-state index in [0.29, 0.717) is 73.7 Å². The minimum atomic E-state index is -0.101. The van der Waals surface area contributed by atoms with E-state index in [1.807, 2.05) is 47.2 Å². The lowest BCUT2D eigenvalue weighted by Gasteiger charge is -2.34. The third-order valence-electron chi connectivity index (χ3n) is 10.0. The molecule has 6 rings (SSSR count). The van der Waals surface area contributed by atoms with E-state index >= 15 is 0 Å². The Hall–Kier alpha value is -4.77. The number of hydrogen-bond acceptors (Lipinski definition) is 8. The fourth-order valence-electron chi connectivity index (χ4n) is 6.95. The number of ether oxygens (including phenoxy) is 4. The van der Waals surface area contributed by atoms with Gasteiger partial charge in [-0.3, -0.25) is 19.5 Å². The molecule has 2 saturated heterocycles. The fraction of sp³-hybridized carbons (Fsp3) is 0.462. The summed E-state index contributed by atoms with van der Waals surface area (Å²) in [5.41, 5.74) is 4.05. The molecule has 50 heavy (non-hydrogen) atoms. The van der Waals surface area contributed by atoms with Crippen molar-refractivity contribution < 1.29 is 28.5 Å². The number of carbonyl (C=O) groups is 2. The summed E-state index contributed by atoms with van der Waals surface area (Å²) in [6.45, 7) is 11.5. The molecule has 0 saturated carbocycles. The number of hydrogen-bond donors (Lipinski definition) is 0. The van der Waals surface area contributed by atoms with E-state index in [0.717, 1.165) is 65.6 Å². The van der Waals surface area contributed by atoms with Crippen LogP contribution in [-0.4, -0.2) is 110 Å². The second-order valence-electron chi connectivity index (χ2n) is 13.2. The summed E-state index contributed by atoms with van der Waals surface area (Å²) in [7, 11) is 4.77. The normalized spacial score (nSPS) is 16.0. The second-order valence-corrected chi connectivity index (χ2v) is 13.2. The molecule has 1 unspecified atom stereocenters. The molecule has 11 heteroatoms. The summed E-state index contributed by atoms with van der Waals surface area (Å²) in [5, 5.41) is 2.07. The van der Waals surface area contributed by atoms with Gasteiger partial charge in [-0.05, 0) is 56.0 Å². The number of pyridine rings is 1. The molecule has 2 aliphatic heterocycles. The quantitative estimate of drug-likeness (QED) is 0.175. The van der Waals surface area contributed by atoms with E-state index in [-0.39, 0.29) is 11.8 Å².